The number of thiazole rings is 1. The Bertz CT molecular complexity index is 906. The predicted octanol–water partition coefficient (Wildman–Crippen LogP) is 5.73. The van der Waals surface area contributed by atoms with Gasteiger partial charge in [0.05, 0.1) is 23.4 Å². The highest BCUT2D eigenvalue weighted by molar-refractivity contribution is 7.22. The number of hydrogen-bond acceptors (Lipinski definition) is 5. The van der Waals surface area contributed by atoms with Crippen molar-refractivity contribution in [3.63, 3.8) is 0 Å². The molecular formula is C20H21ClN2O2S. The van der Waals surface area contributed by atoms with Gasteiger partial charge in [0.15, 0.2) is 10.9 Å². The third-order valence-corrected chi connectivity index (χ3v) is 5.48. The molecule has 0 aliphatic rings. The lowest BCUT2D eigenvalue weighted by atomic mass is 10.1. The number of anilines is 1. The Hall–Kier alpha value is -2.11. The number of ether oxygens (including phenoxy) is 1. The molecule has 0 radical (unpaired) electrons. The quantitative estimate of drug-likeness (QED) is 0.395. The summed E-state index contributed by atoms with van der Waals surface area (Å²) in [5, 5.41) is 4.54. The monoisotopic (exact) mass is 388 g/mol. The summed E-state index contributed by atoms with van der Waals surface area (Å²) in [7, 11) is 0. The van der Waals surface area contributed by atoms with E-state index in [1.807, 2.05) is 31.2 Å². The molecule has 0 fully saturated rings. The number of fused-ring (bicyclic) bond motifs is 1. The van der Waals surface area contributed by atoms with Crippen LogP contribution in [0.1, 0.15) is 35.7 Å². The van der Waals surface area contributed by atoms with Crippen molar-refractivity contribution >= 4 is 44.1 Å². The van der Waals surface area contributed by atoms with Crippen LogP contribution in [0.3, 0.4) is 0 Å². The molecule has 0 amide bonds. The molecule has 0 aliphatic carbocycles. The molecule has 2 aromatic carbocycles. The van der Waals surface area contributed by atoms with Gasteiger partial charge in [-0.15, -0.1) is 0 Å². The second-order valence-corrected chi connectivity index (χ2v) is 7.48. The molecule has 0 saturated heterocycles. The van der Waals surface area contributed by atoms with Crippen molar-refractivity contribution in [2.24, 2.45) is 0 Å². The van der Waals surface area contributed by atoms with E-state index in [1.54, 1.807) is 12.1 Å². The molecule has 1 N–H and O–H groups in total. The number of unbranched alkanes of at least 4 members (excludes halogenated alkanes) is 1. The van der Waals surface area contributed by atoms with Crippen molar-refractivity contribution in [3.05, 3.63) is 52.5 Å². The minimum absolute atomic E-state index is 0.0131. The van der Waals surface area contributed by atoms with Crippen LogP contribution in [0.2, 0.25) is 5.02 Å². The first-order valence-electron chi connectivity index (χ1n) is 8.64. The number of aromatic nitrogens is 1. The van der Waals surface area contributed by atoms with Crippen LogP contribution in [0, 0.1) is 6.92 Å². The van der Waals surface area contributed by atoms with Crippen molar-refractivity contribution in [1.82, 2.24) is 4.98 Å². The van der Waals surface area contributed by atoms with E-state index in [2.05, 4.69) is 17.2 Å². The zero-order valence-corrected chi connectivity index (χ0v) is 16.4. The first-order chi connectivity index (χ1) is 12.6. The van der Waals surface area contributed by atoms with Crippen LogP contribution in [0.4, 0.5) is 5.13 Å². The van der Waals surface area contributed by atoms with Gasteiger partial charge in [-0.3, -0.25) is 4.79 Å². The lowest BCUT2D eigenvalue weighted by molar-refractivity contribution is 0.101. The number of aryl methyl sites for hydroxylation is 1. The number of benzene rings is 2. The topological polar surface area (TPSA) is 51.2 Å². The van der Waals surface area contributed by atoms with Crippen molar-refractivity contribution in [3.8, 4) is 5.75 Å². The number of carbonyl (C=O) groups is 1. The fourth-order valence-electron chi connectivity index (χ4n) is 2.51. The zero-order valence-electron chi connectivity index (χ0n) is 14.8. The first kappa shape index (κ1) is 18.7. The van der Waals surface area contributed by atoms with Gasteiger partial charge in [-0.25, -0.2) is 4.98 Å². The molecule has 1 aromatic heterocycles. The second-order valence-electron chi connectivity index (χ2n) is 6.04. The van der Waals surface area contributed by atoms with E-state index >= 15 is 0 Å². The first-order valence-corrected chi connectivity index (χ1v) is 9.83. The Morgan fingerprint density at radius 2 is 2.00 bits per heavy atom. The third kappa shape index (κ3) is 4.34. The number of carbonyl (C=O) groups excluding carboxylic acids is 1. The Balaban J connectivity index is 1.61. The van der Waals surface area contributed by atoms with Crippen LogP contribution in [-0.4, -0.2) is 23.9 Å². The number of nitrogens with one attached hydrogen (secondary N) is 1. The minimum atomic E-state index is 0.0131. The predicted molar refractivity (Wildman–Crippen MR) is 109 cm³/mol. The van der Waals surface area contributed by atoms with Gasteiger partial charge in [-0.1, -0.05) is 36.3 Å². The average Bonchev–Trinajstić information content (AvgIpc) is 3.08. The van der Waals surface area contributed by atoms with E-state index in [1.165, 1.54) is 11.3 Å². The van der Waals surface area contributed by atoms with Gasteiger partial charge in [-0.05, 0) is 55.3 Å². The molecule has 0 spiro atoms. The lowest BCUT2D eigenvalue weighted by Crippen LogP contribution is -2.13. The van der Waals surface area contributed by atoms with E-state index in [0.717, 1.165) is 39.5 Å². The smallest absolute Gasteiger partial charge is 0.184 e. The molecule has 26 heavy (non-hydrogen) atoms. The molecule has 3 aromatic rings. The van der Waals surface area contributed by atoms with Gasteiger partial charge < -0.3 is 10.1 Å². The van der Waals surface area contributed by atoms with Crippen molar-refractivity contribution in [1.29, 1.82) is 0 Å². The van der Waals surface area contributed by atoms with E-state index in [-0.39, 0.29) is 12.3 Å². The average molecular weight is 389 g/mol. The lowest BCUT2D eigenvalue weighted by Gasteiger charge is -2.06. The summed E-state index contributed by atoms with van der Waals surface area (Å²) in [6, 6.07) is 11.1. The van der Waals surface area contributed by atoms with Gasteiger partial charge in [0, 0.05) is 10.6 Å². The van der Waals surface area contributed by atoms with Crippen LogP contribution < -0.4 is 10.1 Å². The Labute approximate surface area is 162 Å². The molecule has 136 valence electrons. The van der Waals surface area contributed by atoms with E-state index in [9.17, 15) is 4.79 Å². The normalized spacial score (nSPS) is 10.9. The summed E-state index contributed by atoms with van der Waals surface area (Å²) in [6.07, 6.45) is 2.12. The van der Waals surface area contributed by atoms with Gasteiger partial charge in [-0.2, -0.15) is 0 Å². The molecule has 0 unspecified atom stereocenters. The second kappa shape index (κ2) is 8.52. The van der Waals surface area contributed by atoms with E-state index in [4.69, 9.17) is 16.3 Å². The van der Waals surface area contributed by atoms with Crippen LogP contribution in [-0.2, 0) is 0 Å². The molecule has 6 heteroatoms. The summed E-state index contributed by atoms with van der Waals surface area (Å²) in [4.78, 5) is 16.9. The summed E-state index contributed by atoms with van der Waals surface area (Å²) < 4.78 is 6.67. The SMILES string of the molecule is CCCCOc1ccc(C(=O)CNc2nc3c(C)c(Cl)ccc3s2)cc1. The van der Waals surface area contributed by atoms with Gasteiger partial charge in [0.25, 0.3) is 0 Å². The number of rotatable bonds is 8. The van der Waals surface area contributed by atoms with Crippen LogP contribution in [0.15, 0.2) is 36.4 Å². The number of hydrogen-bond donors (Lipinski definition) is 1. The van der Waals surface area contributed by atoms with E-state index in [0.29, 0.717) is 17.2 Å². The number of ketones is 1. The third-order valence-electron chi connectivity index (χ3n) is 4.09. The van der Waals surface area contributed by atoms with Crippen LogP contribution in [0.5, 0.6) is 5.75 Å². The molecular weight excluding hydrogens is 368 g/mol. The fraction of sp³-hybridized carbons (Fsp3) is 0.300. The summed E-state index contributed by atoms with van der Waals surface area (Å²) in [5.41, 5.74) is 2.49. The fourth-order valence-corrected chi connectivity index (χ4v) is 3.58. The highest BCUT2D eigenvalue weighted by Gasteiger charge is 2.11. The summed E-state index contributed by atoms with van der Waals surface area (Å²) in [6.45, 7) is 4.97. The molecule has 4 nitrogen and oxygen atoms in total. The molecule has 1 heterocycles. The van der Waals surface area contributed by atoms with Crippen LogP contribution in [0.25, 0.3) is 10.2 Å². The summed E-state index contributed by atoms with van der Waals surface area (Å²) >= 11 is 7.65. The number of Topliss-reactive ketones (excluding diaryl/α,β-unsaturated/α-hetero) is 1. The highest BCUT2D eigenvalue weighted by Crippen LogP contribution is 2.31. The number of halogens is 1. The van der Waals surface area contributed by atoms with Crippen molar-refractivity contribution in [2.45, 2.75) is 26.7 Å². The van der Waals surface area contributed by atoms with Crippen molar-refractivity contribution < 1.29 is 9.53 Å². The molecule has 0 bridgehead atoms. The van der Waals surface area contributed by atoms with Gasteiger partial charge in [0.1, 0.15) is 5.75 Å². The Kier molecular flexibility index (Phi) is 6.12. The Morgan fingerprint density at radius 3 is 2.73 bits per heavy atom. The van der Waals surface area contributed by atoms with Gasteiger partial charge in [0.2, 0.25) is 0 Å². The molecule has 0 aliphatic heterocycles. The highest BCUT2D eigenvalue weighted by atomic mass is 35.5. The minimum Gasteiger partial charge on any atom is -0.494 e. The maximum atomic E-state index is 12.4. The zero-order chi connectivity index (χ0) is 18.5. The Morgan fingerprint density at radius 1 is 1.23 bits per heavy atom. The molecule has 0 atom stereocenters. The number of nitrogens with zero attached hydrogens (tertiary/aromatic N) is 1. The molecule has 0 saturated carbocycles. The molecule has 3 rings (SSSR count). The maximum Gasteiger partial charge on any atom is 0.184 e. The largest absolute Gasteiger partial charge is 0.494 e. The van der Waals surface area contributed by atoms with Crippen LogP contribution >= 0.6 is 22.9 Å². The van der Waals surface area contributed by atoms with Crippen molar-refractivity contribution in [2.75, 3.05) is 18.5 Å². The van der Waals surface area contributed by atoms with Gasteiger partial charge >= 0.3 is 0 Å². The standard InChI is InChI=1S/C20H21ClN2O2S/c1-3-4-11-25-15-7-5-14(6-8-15)17(24)12-22-20-23-19-13(2)16(21)9-10-18(19)26-20/h5-10H,3-4,11-12H2,1-2H3,(H,22,23). The van der Waals surface area contributed by atoms with E-state index < -0.39 is 0 Å². The maximum absolute atomic E-state index is 12.4. The summed E-state index contributed by atoms with van der Waals surface area (Å²) in [5.74, 6) is 0.806.